The molecule has 0 aliphatic rings. The fourth-order valence-electron chi connectivity index (χ4n) is 1.76. The number of rotatable bonds is 7. The number of hydrogen-bond donors (Lipinski definition) is 1. The Bertz CT molecular complexity index is 453. The van der Waals surface area contributed by atoms with E-state index in [4.69, 9.17) is 4.52 Å². The normalized spacial score (nSPS) is 11.3. The molecule has 0 fully saturated rings. The highest BCUT2D eigenvalue weighted by molar-refractivity contribution is 7.09. The summed E-state index contributed by atoms with van der Waals surface area (Å²) in [4.78, 5) is 3.59. The Morgan fingerprint density at radius 1 is 1.44 bits per heavy atom. The molecule has 4 nitrogen and oxygen atoms in total. The van der Waals surface area contributed by atoms with Crippen LogP contribution in [0.25, 0.3) is 0 Å². The zero-order valence-corrected chi connectivity index (χ0v) is 11.7. The lowest BCUT2D eigenvalue weighted by Crippen LogP contribution is -2.16. The first-order valence-corrected chi connectivity index (χ1v) is 7.02. The molecule has 0 aromatic carbocycles. The minimum Gasteiger partial charge on any atom is -0.360 e. The summed E-state index contributed by atoms with van der Waals surface area (Å²) < 4.78 is 5.32. The van der Waals surface area contributed by atoms with Crippen molar-refractivity contribution in [2.45, 2.75) is 26.6 Å². The maximum atomic E-state index is 5.32. The molecule has 0 atom stereocenters. The van der Waals surface area contributed by atoms with Crippen molar-refractivity contribution < 1.29 is 4.52 Å². The van der Waals surface area contributed by atoms with Crippen LogP contribution in [0.3, 0.4) is 0 Å². The van der Waals surface area contributed by atoms with Gasteiger partial charge < -0.3 is 9.84 Å². The fraction of sp³-hybridized carbons (Fsp3) is 0.462. The van der Waals surface area contributed by atoms with Gasteiger partial charge in [0.05, 0.1) is 12.2 Å². The minimum atomic E-state index is 0.772. The van der Waals surface area contributed by atoms with Crippen LogP contribution in [0.4, 0.5) is 0 Å². The van der Waals surface area contributed by atoms with Crippen LogP contribution < -0.4 is 5.32 Å². The molecule has 0 unspecified atom stereocenters. The standard InChI is InChI=1S/C13H19N3OS/c1-3-14-8-11-7-12(17-15-11)9-16(2)10-13-5-4-6-18-13/h4-7,14H,3,8-10H2,1-2H3. The maximum Gasteiger partial charge on any atom is 0.151 e. The second-order valence-corrected chi connectivity index (χ2v) is 5.35. The summed E-state index contributed by atoms with van der Waals surface area (Å²) in [5.41, 5.74) is 0.969. The second kappa shape index (κ2) is 6.68. The molecule has 0 amide bonds. The highest BCUT2D eigenvalue weighted by Gasteiger charge is 2.08. The van der Waals surface area contributed by atoms with Crippen molar-refractivity contribution in [2.75, 3.05) is 13.6 Å². The van der Waals surface area contributed by atoms with Gasteiger partial charge in [0.15, 0.2) is 5.76 Å². The number of thiophene rings is 1. The summed E-state index contributed by atoms with van der Waals surface area (Å²) in [7, 11) is 2.09. The van der Waals surface area contributed by atoms with Gasteiger partial charge in [0.1, 0.15) is 0 Å². The summed E-state index contributed by atoms with van der Waals surface area (Å²) in [6, 6.07) is 6.25. The maximum absolute atomic E-state index is 5.32. The summed E-state index contributed by atoms with van der Waals surface area (Å²) in [6.45, 7) is 5.53. The monoisotopic (exact) mass is 265 g/mol. The van der Waals surface area contributed by atoms with E-state index in [0.29, 0.717) is 0 Å². The van der Waals surface area contributed by atoms with E-state index in [1.807, 2.05) is 6.07 Å². The van der Waals surface area contributed by atoms with E-state index < -0.39 is 0 Å². The second-order valence-electron chi connectivity index (χ2n) is 4.32. The Morgan fingerprint density at radius 2 is 2.33 bits per heavy atom. The smallest absolute Gasteiger partial charge is 0.151 e. The Morgan fingerprint density at radius 3 is 3.06 bits per heavy atom. The van der Waals surface area contributed by atoms with Crippen molar-refractivity contribution in [1.82, 2.24) is 15.4 Å². The number of aromatic nitrogens is 1. The Hall–Kier alpha value is -1.17. The third-order valence-corrected chi connectivity index (χ3v) is 3.46. The Kier molecular flexibility index (Phi) is 4.92. The van der Waals surface area contributed by atoms with Gasteiger partial charge in [-0.05, 0) is 25.0 Å². The molecule has 0 saturated carbocycles. The van der Waals surface area contributed by atoms with Gasteiger partial charge in [-0.25, -0.2) is 0 Å². The SMILES string of the molecule is CCNCc1cc(CN(C)Cc2cccs2)on1. The van der Waals surface area contributed by atoms with Crippen molar-refractivity contribution in [3.05, 3.63) is 39.9 Å². The van der Waals surface area contributed by atoms with Crippen LogP contribution in [0.5, 0.6) is 0 Å². The average molecular weight is 265 g/mol. The number of nitrogens with zero attached hydrogens (tertiary/aromatic N) is 2. The fourth-order valence-corrected chi connectivity index (χ4v) is 2.54. The molecule has 0 saturated heterocycles. The van der Waals surface area contributed by atoms with Gasteiger partial charge in [-0.1, -0.05) is 18.1 Å². The van der Waals surface area contributed by atoms with E-state index in [2.05, 4.69) is 46.9 Å². The molecule has 1 N–H and O–H groups in total. The molecule has 0 spiro atoms. The lowest BCUT2D eigenvalue weighted by atomic mass is 10.3. The van der Waals surface area contributed by atoms with Crippen molar-refractivity contribution in [3.8, 4) is 0 Å². The first kappa shape index (κ1) is 13.3. The largest absolute Gasteiger partial charge is 0.360 e. The van der Waals surface area contributed by atoms with E-state index in [1.54, 1.807) is 11.3 Å². The van der Waals surface area contributed by atoms with Crippen molar-refractivity contribution in [2.24, 2.45) is 0 Å². The van der Waals surface area contributed by atoms with Gasteiger partial charge >= 0.3 is 0 Å². The lowest BCUT2D eigenvalue weighted by Gasteiger charge is -2.12. The zero-order chi connectivity index (χ0) is 12.8. The van der Waals surface area contributed by atoms with E-state index in [0.717, 1.165) is 37.6 Å². The quantitative estimate of drug-likeness (QED) is 0.835. The first-order valence-electron chi connectivity index (χ1n) is 6.14. The first-order chi connectivity index (χ1) is 8.78. The molecule has 2 aromatic rings. The van der Waals surface area contributed by atoms with Gasteiger partial charge in [0.2, 0.25) is 0 Å². The molecule has 0 aliphatic carbocycles. The molecule has 2 aromatic heterocycles. The minimum absolute atomic E-state index is 0.772. The van der Waals surface area contributed by atoms with E-state index >= 15 is 0 Å². The summed E-state index contributed by atoms with van der Waals surface area (Å²) in [5.74, 6) is 0.918. The summed E-state index contributed by atoms with van der Waals surface area (Å²) in [6.07, 6.45) is 0. The predicted molar refractivity (Wildman–Crippen MR) is 73.4 cm³/mol. The lowest BCUT2D eigenvalue weighted by molar-refractivity contribution is 0.267. The topological polar surface area (TPSA) is 41.3 Å². The molecular weight excluding hydrogens is 246 g/mol. The van der Waals surface area contributed by atoms with Crippen LogP contribution in [0.15, 0.2) is 28.1 Å². The van der Waals surface area contributed by atoms with Crippen molar-refractivity contribution >= 4 is 11.3 Å². The molecule has 18 heavy (non-hydrogen) atoms. The zero-order valence-electron chi connectivity index (χ0n) is 10.8. The van der Waals surface area contributed by atoms with Crippen LogP contribution in [0, 0.1) is 0 Å². The number of hydrogen-bond acceptors (Lipinski definition) is 5. The van der Waals surface area contributed by atoms with Gasteiger partial charge in [-0.15, -0.1) is 11.3 Å². The highest BCUT2D eigenvalue weighted by atomic mass is 32.1. The van der Waals surface area contributed by atoms with Crippen molar-refractivity contribution in [1.29, 1.82) is 0 Å². The van der Waals surface area contributed by atoms with Crippen LogP contribution in [-0.2, 0) is 19.6 Å². The Balaban J connectivity index is 1.83. The van der Waals surface area contributed by atoms with E-state index in [1.165, 1.54) is 4.88 Å². The predicted octanol–water partition coefficient (Wildman–Crippen LogP) is 2.48. The Labute approximate surface area is 112 Å². The molecule has 0 radical (unpaired) electrons. The molecule has 98 valence electrons. The molecule has 0 aliphatic heterocycles. The van der Waals surface area contributed by atoms with Gasteiger partial charge in [-0.3, -0.25) is 4.90 Å². The van der Waals surface area contributed by atoms with Crippen LogP contribution in [0.1, 0.15) is 23.3 Å². The van der Waals surface area contributed by atoms with Crippen LogP contribution >= 0.6 is 11.3 Å². The third kappa shape index (κ3) is 3.94. The molecule has 2 heterocycles. The molecular formula is C13H19N3OS. The molecule has 2 rings (SSSR count). The third-order valence-electron chi connectivity index (χ3n) is 2.60. The van der Waals surface area contributed by atoms with Gasteiger partial charge in [0.25, 0.3) is 0 Å². The summed E-state index contributed by atoms with van der Waals surface area (Å²) >= 11 is 1.78. The summed E-state index contributed by atoms with van der Waals surface area (Å²) in [5, 5.41) is 9.38. The van der Waals surface area contributed by atoms with Gasteiger partial charge in [0, 0.05) is 24.0 Å². The number of nitrogens with one attached hydrogen (secondary N) is 1. The van der Waals surface area contributed by atoms with Gasteiger partial charge in [-0.2, -0.15) is 0 Å². The highest BCUT2D eigenvalue weighted by Crippen LogP contribution is 2.13. The van der Waals surface area contributed by atoms with Crippen LogP contribution in [-0.4, -0.2) is 23.6 Å². The van der Waals surface area contributed by atoms with E-state index in [9.17, 15) is 0 Å². The average Bonchev–Trinajstić information content (AvgIpc) is 2.98. The van der Waals surface area contributed by atoms with E-state index in [-0.39, 0.29) is 0 Å². The molecule has 0 bridgehead atoms. The van der Waals surface area contributed by atoms with Crippen LogP contribution in [0.2, 0.25) is 0 Å². The van der Waals surface area contributed by atoms with Crippen molar-refractivity contribution in [3.63, 3.8) is 0 Å². The molecule has 5 heteroatoms.